The Balaban J connectivity index is 2.18. The second-order valence-corrected chi connectivity index (χ2v) is 4.06. The molecule has 0 heterocycles. The molecular weight excluding hydrogens is 232 g/mol. The molecule has 0 unspecified atom stereocenters. The van der Waals surface area contributed by atoms with Crippen LogP contribution < -0.4 is 5.32 Å². The largest absolute Gasteiger partial charge is 0.366 e. The van der Waals surface area contributed by atoms with Crippen molar-refractivity contribution in [3.05, 3.63) is 65.2 Å². The fourth-order valence-electron chi connectivity index (χ4n) is 1.55. The quantitative estimate of drug-likeness (QED) is 0.883. The van der Waals surface area contributed by atoms with E-state index in [4.69, 9.17) is 16.9 Å². The first-order valence-electron chi connectivity index (χ1n) is 5.26. The van der Waals surface area contributed by atoms with Crippen LogP contribution in [-0.2, 0) is 0 Å². The molecule has 2 nitrogen and oxygen atoms in total. The third-order valence-corrected chi connectivity index (χ3v) is 2.67. The Labute approximate surface area is 105 Å². The molecule has 1 atom stereocenters. The summed E-state index contributed by atoms with van der Waals surface area (Å²) in [5.74, 6) is 0. The maximum atomic E-state index is 9.16. The normalized spacial score (nSPS) is 11.5. The molecule has 0 radical (unpaired) electrons. The second kappa shape index (κ2) is 5.38. The Bertz CT molecular complexity index is 514. The number of hydrogen-bond acceptors (Lipinski definition) is 2. The summed E-state index contributed by atoms with van der Waals surface area (Å²) >= 11 is 5.82. The summed E-state index contributed by atoms with van der Waals surface area (Å²) in [5, 5.41) is 13.0. The van der Waals surface area contributed by atoms with E-state index in [2.05, 4.69) is 11.4 Å². The molecule has 0 aromatic heterocycles. The van der Waals surface area contributed by atoms with Crippen molar-refractivity contribution in [2.24, 2.45) is 0 Å². The van der Waals surface area contributed by atoms with Crippen molar-refractivity contribution in [2.45, 2.75) is 6.04 Å². The number of nitrogens with one attached hydrogen (secondary N) is 1. The van der Waals surface area contributed by atoms with Gasteiger partial charge in [0.05, 0.1) is 6.07 Å². The summed E-state index contributed by atoms with van der Waals surface area (Å²) < 4.78 is 0. The molecule has 2 rings (SSSR count). The van der Waals surface area contributed by atoms with Crippen molar-refractivity contribution in [1.82, 2.24) is 0 Å². The van der Waals surface area contributed by atoms with E-state index < -0.39 is 0 Å². The minimum Gasteiger partial charge on any atom is -0.366 e. The third-order valence-electron chi connectivity index (χ3n) is 2.42. The van der Waals surface area contributed by atoms with Crippen LogP contribution >= 0.6 is 11.6 Å². The van der Waals surface area contributed by atoms with Crippen molar-refractivity contribution in [1.29, 1.82) is 5.26 Å². The van der Waals surface area contributed by atoms with E-state index in [1.165, 1.54) is 0 Å². The Morgan fingerprint density at radius 3 is 2.24 bits per heavy atom. The average Bonchev–Trinajstić information content (AvgIpc) is 2.38. The molecule has 0 spiro atoms. The minimum atomic E-state index is -0.366. The van der Waals surface area contributed by atoms with E-state index in [0.717, 1.165) is 11.3 Å². The Morgan fingerprint density at radius 1 is 1.00 bits per heavy atom. The Hall–Kier alpha value is -1.98. The van der Waals surface area contributed by atoms with E-state index in [9.17, 15) is 0 Å². The average molecular weight is 243 g/mol. The van der Waals surface area contributed by atoms with Gasteiger partial charge in [-0.25, -0.2) is 0 Å². The van der Waals surface area contributed by atoms with E-state index in [-0.39, 0.29) is 6.04 Å². The van der Waals surface area contributed by atoms with Gasteiger partial charge in [0.25, 0.3) is 0 Å². The number of benzene rings is 2. The van der Waals surface area contributed by atoms with E-state index in [0.29, 0.717) is 5.02 Å². The van der Waals surface area contributed by atoms with Gasteiger partial charge in [0, 0.05) is 10.7 Å². The molecule has 0 saturated carbocycles. The van der Waals surface area contributed by atoms with Gasteiger partial charge in [-0.3, -0.25) is 0 Å². The number of anilines is 1. The highest BCUT2D eigenvalue weighted by Gasteiger charge is 2.09. The maximum absolute atomic E-state index is 9.16. The molecule has 0 bridgehead atoms. The van der Waals surface area contributed by atoms with Crippen molar-refractivity contribution in [3.63, 3.8) is 0 Å². The van der Waals surface area contributed by atoms with Crippen LogP contribution in [0, 0.1) is 11.3 Å². The van der Waals surface area contributed by atoms with Gasteiger partial charge in [0.1, 0.15) is 6.04 Å². The lowest BCUT2D eigenvalue weighted by atomic mass is 10.1. The lowest BCUT2D eigenvalue weighted by Gasteiger charge is -2.13. The highest BCUT2D eigenvalue weighted by Crippen LogP contribution is 2.20. The summed E-state index contributed by atoms with van der Waals surface area (Å²) in [7, 11) is 0. The van der Waals surface area contributed by atoms with Gasteiger partial charge >= 0.3 is 0 Å². The number of para-hydroxylation sites is 1. The van der Waals surface area contributed by atoms with Gasteiger partial charge < -0.3 is 5.32 Å². The highest BCUT2D eigenvalue weighted by atomic mass is 35.5. The number of nitrogens with zero attached hydrogens (tertiary/aromatic N) is 1. The van der Waals surface area contributed by atoms with Crippen LogP contribution in [0.25, 0.3) is 0 Å². The molecule has 0 amide bonds. The summed E-state index contributed by atoms with van der Waals surface area (Å²) in [6.07, 6.45) is 0. The minimum absolute atomic E-state index is 0.366. The zero-order chi connectivity index (χ0) is 12.1. The smallest absolute Gasteiger partial charge is 0.140 e. The van der Waals surface area contributed by atoms with E-state index in [1.54, 1.807) is 12.1 Å². The number of nitriles is 1. The summed E-state index contributed by atoms with van der Waals surface area (Å²) in [5.41, 5.74) is 1.83. The second-order valence-electron chi connectivity index (χ2n) is 3.62. The predicted molar refractivity (Wildman–Crippen MR) is 69.9 cm³/mol. The lowest BCUT2D eigenvalue weighted by Crippen LogP contribution is -2.07. The lowest BCUT2D eigenvalue weighted by molar-refractivity contribution is 0.998. The van der Waals surface area contributed by atoms with Crippen molar-refractivity contribution in [2.75, 3.05) is 5.32 Å². The van der Waals surface area contributed by atoms with E-state index >= 15 is 0 Å². The first kappa shape index (κ1) is 11.5. The fourth-order valence-corrected chi connectivity index (χ4v) is 1.67. The fraction of sp³-hybridized carbons (Fsp3) is 0.0714. The first-order chi connectivity index (χ1) is 8.29. The van der Waals surface area contributed by atoms with Gasteiger partial charge in [-0.15, -0.1) is 0 Å². The van der Waals surface area contributed by atoms with Crippen LogP contribution in [0.2, 0.25) is 5.02 Å². The van der Waals surface area contributed by atoms with Crippen LogP contribution in [0.4, 0.5) is 5.69 Å². The van der Waals surface area contributed by atoms with Gasteiger partial charge in [0.2, 0.25) is 0 Å². The molecule has 0 aliphatic carbocycles. The number of rotatable bonds is 3. The van der Waals surface area contributed by atoms with E-state index in [1.807, 2.05) is 42.5 Å². The Morgan fingerprint density at radius 2 is 1.65 bits per heavy atom. The highest BCUT2D eigenvalue weighted by molar-refractivity contribution is 6.30. The van der Waals surface area contributed by atoms with Gasteiger partial charge in [-0.2, -0.15) is 5.26 Å². The van der Waals surface area contributed by atoms with Crippen molar-refractivity contribution >= 4 is 17.3 Å². The number of hydrogen-bond donors (Lipinski definition) is 1. The third kappa shape index (κ3) is 2.99. The molecule has 84 valence electrons. The monoisotopic (exact) mass is 242 g/mol. The summed E-state index contributed by atoms with van der Waals surface area (Å²) in [6, 6.07) is 18.8. The molecule has 0 saturated heterocycles. The van der Waals surface area contributed by atoms with Gasteiger partial charge in [0.15, 0.2) is 0 Å². The van der Waals surface area contributed by atoms with Gasteiger partial charge in [-0.05, 0) is 29.8 Å². The first-order valence-corrected chi connectivity index (χ1v) is 5.64. The van der Waals surface area contributed by atoms with Gasteiger partial charge in [-0.1, -0.05) is 41.9 Å². The molecule has 17 heavy (non-hydrogen) atoms. The predicted octanol–water partition coefficient (Wildman–Crippen LogP) is 4.02. The molecule has 0 fully saturated rings. The molecule has 0 aliphatic rings. The Kier molecular flexibility index (Phi) is 3.64. The molecule has 2 aromatic rings. The molecule has 0 aliphatic heterocycles. The van der Waals surface area contributed by atoms with Crippen LogP contribution in [0.3, 0.4) is 0 Å². The zero-order valence-corrected chi connectivity index (χ0v) is 9.85. The summed E-state index contributed by atoms with van der Waals surface area (Å²) in [6.45, 7) is 0. The molecular formula is C14H11ClN2. The summed E-state index contributed by atoms with van der Waals surface area (Å²) in [4.78, 5) is 0. The van der Waals surface area contributed by atoms with Crippen molar-refractivity contribution in [3.8, 4) is 6.07 Å². The molecule has 3 heteroatoms. The van der Waals surface area contributed by atoms with Crippen LogP contribution in [0.5, 0.6) is 0 Å². The number of halogens is 1. The molecule has 1 N–H and O–H groups in total. The molecule has 2 aromatic carbocycles. The maximum Gasteiger partial charge on any atom is 0.140 e. The van der Waals surface area contributed by atoms with Crippen molar-refractivity contribution < 1.29 is 0 Å². The zero-order valence-electron chi connectivity index (χ0n) is 9.10. The van der Waals surface area contributed by atoms with Crippen LogP contribution in [0.15, 0.2) is 54.6 Å². The van der Waals surface area contributed by atoms with Crippen LogP contribution in [0.1, 0.15) is 11.6 Å². The van der Waals surface area contributed by atoms with Crippen LogP contribution in [-0.4, -0.2) is 0 Å². The topological polar surface area (TPSA) is 35.8 Å². The standard InChI is InChI=1S/C14H11ClN2/c15-12-8-6-11(7-9-12)14(10-16)17-13-4-2-1-3-5-13/h1-9,14,17H/t14-/m1/s1. The SMILES string of the molecule is N#C[C@@H](Nc1ccccc1)c1ccc(Cl)cc1.